The number of piperidine rings is 1. The summed E-state index contributed by atoms with van der Waals surface area (Å²) in [6, 6.07) is 0. The summed E-state index contributed by atoms with van der Waals surface area (Å²) in [4.78, 5) is 27.8. The van der Waals surface area contributed by atoms with Gasteiger partial charge in [0.25, 0.3) is 0 Å². The minimum absolute atomic E-state index is 0.169. The molecule has 0 unspecified atom stereocenters. The van der Waals surface area contributed by atoms with Gasteiger partial charge in [-0.15, -0.1) is 0 Å². The van der Waals surface area contributed by atoms with E-state index in [9.17, 15) is 9.59 Å². The molecular formula is C17H32N2O3. The van der Waals surface area contributed by atoms with Crippen molar-refractivity contribution >= 4 is 12.0 Å². The molecular weight excluding hydrogens is 280 g/mol. The molecule has 0 spiro atoms. The molecule has 0 aromatic rings. The molecule has 1 fully saturated rings. The second-order valence-corrected chi connectivity index (χ2v) is 8.35. The van der Waals surface area contributed by atoms with Crippen LogP contribution in [0.15, 0.2) is 0 Å². The molecule has 0 saturated carbocycles. The standard InChI is InChI=1S/C17H32N2O3/c1-16(2,3)14(20)18(7)12-13-8-10-19(11-9-13)15(21)22-17(4,5)6/h13H,8-12H2,1-7H3. The topological polar surface area (TPSA) is 49.9 Å². The predicted octanol–water partition coefficient (Wildman–Crippen LogP) is 3.14. The quantitative estimate of drug-likeness (QED) is 0.787. The van der Waals surface area contributed by atoms with Gasteiger partial charge in [-0.2, -0.15) is 0 Å². The van der Waals surface area contributed by atoms with Crippen LogP contribution in [0.25, 0.3) is 0 Å². The molecule has 128 valence electrons. The first-order chi connectivity index (χ1) is 9.90. The van der Waals surface area contributed by atoms with Gasteiger partial charge in [-0.25, -0.2) is 4.79 Å². The van der Waals surface area contributed by atoms with Crippen LogP contribution < -0.4 is 0 Å². The summed E-state index contributed by atoms with van der Waals surface area (Å²) in [6.07, 6.45) is 1.60. The molecule has 5 nitrogen and oxygen atoms in total. The Morgan fingerprint density at radius 2 is 1.59 bits per heavy atom. The maximum absolute atomic E-state index is 12.2. The molecule has 5 heteroatoms. The molecule has 1 saturated heterocycles. The van der Waals surface area contributed by atoms with Gasteiger partial charge in [0.15, 0.2) is 0 Å². The summed E-state index contributed by atoms with van der Waals surface area (Å²) in [5.74, 6) is 0.622. The zero-order chi connectivity index (χ0) is 17.1. The number of ether oxygens (including phenoxy) is 1. The maximum atomic E-state index is 12.2. The van der Waals surface area contributed by atoms with Gasteiger partial charge in [-0.3, -0.25) is 4.79 Å². The molecule has 0 aliphatic carbocycles. The third kappa shape index (κ3) is 5.85. The molecule has 2 amide bonds. The minimum atomic E-state index is -0.451. The van der Waals surface area contributed by atoms with Crippen molar-refractivity contribution in [3.63, 3.8) is 0 Å². The fourth-order valence-corrected chi connectivity index (χ4v) is 2.67. The van der Waals surface area contributed by atoms with Crippen LogP contribution in [0.3, 0.4) is 0 Å². The number of hydrogen-bond acceptors (Lipinski definition) is 3. The molecule has 0 N–H and O–H groups in total. The SMILES string of the molecule is CN(CC1CCN(C(=O)OC(C)(C)C)CC1)C(=O)C(C)(C)C. The zero-order valence-corrected chi connectivity index (χ0v) is 15.2. The van der Waals surface area contributed by atoms with Gasteiger partial charge in [0.1, 0.15) is 5.60 Å². The number of amides is 2. The molecule has 22 heavy (non-hydrogen) atoms. The van der Waals surface area contributed by atoms with Gasteiger partial charge in [-0.05, 0) is 39.5 Å². The molecule has 1 rings (SSSR count). The summed E-state index contributed by atoms with van der Waals surface area (Å²) in [6.45, 7) is 13.6. The van der Waals surface area contributed by atoms with E-state index in [1.165, 1.54) is 0 Å². The lowest BCUT2D eigenvalue weighted by Crippen LogP contribution is -2.45. The van der Waals surface area contributed by atoms with Crippen molar-refractivity contribution in [2.24, 2.45) is 11.3 Å². The van der Waals surface area contributed by atoms with Crippen LogP contribution >= 0.6 is 0 Å². The van der Waals surface area contributed by atoms with E-state index >= 15 is 0 Å². The van der Waals surface area contributed by atoms with Crippen LogP contribution in [-0.2, 0) is 9.53 Å². The Hall–Kier alpha value is -1.26. The normalized spacial score (nSPS) is 17.3. The molecule has 1 aliphatic heterocycles. The Morgan fingerprint density at radius 3 is 2.00 bits per heavy atom. The van der Waals surface area contributed by atoms with Crippen molar-refractivity contribution in [2.45, 2.75) is 60.0 Å². The number of likely N-dealkylation sites (tertiary alicyclic amines) is 1. The Kier molecular flexibility index (Phi) is 5.88. The first kappa shape index (κ1) is 18.8. The highest BCUT2D eigenvalue weighted by molar-refractivity contribution is 5.81. The highest BCUT2D eigenvalue weighted by Crippen LogP contribution is 2.23. The number of nitrogens with zero attached hydrogens (tertiary/aromatic N) is 2. The van der Waals surface area contributed by atoms with Crippen LogP contribution in [0.4, 0.5) is 4.79 Å². The van der Waals surface area contributed by atoms with Gasteiger partial charge >= 0.3 is 6.09 Å². The lowest BCUT2D eigenvalue weighted by molar-refractivity contribution is -0.138. The molecule has 0 bridgehead atoms. The van der Waals surface area contributed by atoms with E-state index in [0.29, 0.717) is 19.0 Å². The summed E-state index contributed by atoms with van der Waals surface area (Å²) < 4.78 is 5.40. The lowest BCUT2D eigenvalue weighted by Gasteiger charge is -2.36. The predicted molar refractivity (Wildman–Crippen MR) is 87.6 cm³/mol. The van der Waals surface area contributed by atoms with Crippen molar-refractivity contribution in [1.29, 1.82) is 0 Å². The summed E-state index contributed by atoms with van der Waals surface area (Å²) in [5, 5.41) is 0. The summed E-state index contributed by atoms with van der Waals surface area (Å²) in [5.41, 5.74) is -0.792. The van der Waals surface area contributed by atoms with Crippen LogP contribution in [0, 0.1) is 11.3 Å². The first-order valence-electron chi connectivity index (χ1n) is 8.13. The Labute approximate surface area is 135 Å². The number of carbonyl (C=O) groups is 2. The van der Waals surface area contributed by atoms with E-state index in [-0.39, 0.29) is 17.4 Å². The van der Waals surface area contributed by atoms with Gasteiger partial charge in [0.2, 0.25) is 5.91 Å². The molecule has 0 radical (unpaired) electrons. The molecule has 0 aromatic carbocycles. The lowest BCUT2D eigenvalue weighted by atomic mass is 9.92. The van der Waals surface area contributed by atoms with Crippen LogP contribution in [-0.4, -0.2) is 54.1 Å². The third-order valence-corrected chi connectivity index (χ3v) is 3.79. The van der Waals surface area contributed by atoms with Crippen molar-refractivity contribution in [3.05, 3.63) is 0 Å². The van der Waals surface area contributed by atoms with Crippen LogP contribution in [0.2, 0.25) is 0 Å². The van der Waals surface area contributed by atoms with E-state index in [0.717, 1.165) is 19.4 Å². The van der Waals surface area contributed by atoms with Gasteiger partial charge in [0.05, 0.1) is 0 Å². The molecule has 1 aliphatic rings. The van der Waals surface area contributed by atoms with Crippen LogP contribution in [0.5, 0.6) is 0 Å². The second-order valence-electron chi connectivity index (χ2n) is 8.35. The monoisotopic (exact) mass is 312 g/mol. The molecule has 0 atom stereocenters. The largest absolute Gasteiger partial charge is 0.444 e. The minimum Gasteiger partial charge on any atom is -0.444 e. The smallest absolute Gasteiger partial charge is 0.410 e. The van der Waals surface area contributed by atoms with E-state index in [2.05, 4.69) is 0 Å². The fraction of sp³-hybridized carbons (Fsp3) is 0.882. The summed E-state index contributed by atoms with van der Waals surface area (Å²) in [7, 11) is 1.87. The third-order valence-electron chi connectivity index (χ3n) is 3.79. The van der Waals surface area contributed by atoms with E-state index in [1.54, 1.807) is 4.90 Å². The maximum Gasteiger partial charge on any atom is 0.410 e. The second kappa shape index (κ2) is 6.88. The van der Waals surface area contributed by atoms with E-state index in [4.69, 9.17) is 4.74 Å². The van der Waals surface area contributed by atoms with Crippen molar-refractivity contribution in [1.82, 2.24) is 9.80 Å². The van der Waals surface area contributed by atoms with Crippen LogP contribution in [0.1, 0.15) is 54.4 Å². The fourth-order valence-electron chi connectivity index (χ4n) is 2.67. The number of hydrogen-bond donors (Lipinski definition) is 0. The number of carbonyl (C=O) groups excluding carboxylic acids is 2. The zero-order valence-electron chi connectivity index (χ0n) is 15.2. The Morgan fingerprint density at radius 1 is 1.09 bits per heavy atom. The summed E-state index contributed by atoms with van der Waals surface area (Å²) >= 11 is 0. The molecule has 0 aromatic heterocycles. The highest BCUT2D eigenvalue weighted by atomic mass is 16.6. The van der Waals surface area contributed by atoms with Crippen molar-refractivity contribution < 1.29 is 14.3 Å². The number of rotatable bonds is 2. The van der Waals surface area contributed by atoms with Crippen molar-refractivity contribution in [3.8, 4) is 0 Å². The van der Waals surface area contributed by atoms with Gasteiger partial charge in [-0.1, -0.05) is 20.8 Å². The Balaban J connectivity index is 2.43. The average Bonchev–Trinajstić information content (AvgIpc) is 2.35. The highest BCUT2D eigenvalue weighted by Gasteiger charge is 2.30. The van der Waals surface area contributed by atoms with E-state index in [1.807, 2.05) is 53.5 Å². The Bertz CT molecular complexity index is 399. The van der Waals surface area contributed by atoms with Crippen molar-refractivity contribution in [2.75, 3.05) is 26.7 Å². The van der Waals surface area contributed by atoms with E-state index < -0.39 is 5.60 Å². The van der Waals surface area contributed by atoms with Gasteiger partial charge in [0, 0.05) is 32.1 Å². The average molecular weight is 312 g/mol. The van der Waals surface area contributed by atoms with Gasteiger partial charge < -0.3 is 14.5 Å². The molecule has 1 heterocycles. The first-order valence-corrected chi connectivity index (χ1v) is 8.13.